The van der Waals surface area contributed by atoms with Crippen molar-refractivity contribution in [3.8, 4) is 0 Å². The van der Waals surface area contributed by atoms with Crippen LogP contribution in [0, 0.1) is 0 Å². The van der Waals surface area contributed by atoms with Crippen molar-refractivity contribution in [3.63, 3.8) is 0 Å². The Morgan fingerprint density at radius 1 is 1.39 bits per heavy atom. The lowest BCUT2D eigenvalue weighted by molar-refractivity contribution is -0.146. The van der Waals surface area contributed by atoms with E-state index in [0.717, 1.165) is 12.8 Å². The fraction of sp³-hybridized carbons (Fsp3) is 0.818. The number of likely N-dealkylation sites (tertiary alicyclic amines) is 1. The van der Waals surface area contributed by atoms with E-state index in [1.807, 2.05) is 14.1 Å². The van der Waals surface area contributed by atoms with Crippen LogP contribution in [0.3, 0.4) is 0 Å². The average molecular weight is 259 g/mol. The standard InChI is InChI=1S/C11H21N3O4/c1-13(2)8-3-5-14(6-4-8)11(18)12-7-9(15)10(16)17/h8-9,15H,3-7H2,1-2H3,(H,12,18)(H,16,17). The van der Waals surface area contributed by atoms with Gasteiger partial charge in [-0.15, -0.1) is 0 Å². The summed E-state index contributed by atoms with van der Waals surface area (Å²) >= 11 is 0. The number of aliphatic hydroxyl groups is 1. The van der Waals surface area contributed by atoms with Crippen LogP contribution in [-0.4, -0.2) is 77.9 Å². The summed E-state index contributed by atoms with van der Waals surface area (Å²) in [5.41, 5.74) is 0. The Hall–Kier alpha value is -1.34. The van der Waals surface area contributed by atoms with E-state index in [1.165, 1.54) is 0 Å². The molecule has 104 valence electrons. The lowest BCUT2D eigenvalue weighted by Crippen LogP contribution is -2.49. The van der Waals surface area contributed by atoms with Crippen molar-refractivity contribution in [2.24, 2.45) is 0 Å². The Morgan fingerprint density at radius 2 is 1.94 bits per heavy atom. The maximum atomic E-state index is 11.7. The van der Waals surface area contributed by atoms with E-state index in [4.69, 9.17) is 10.2 Å². The van der Waals surface area contributed by atoms with Crippen molar-refractivity contribution in [1.29, 1.82) is 0 Å². The Morgan fingerprint density at radius 3 is 2.39 bits per heavy atom. The van der Waals surface area contributed by atoms with Crippen LogP contribution in [0.15, 0.2) is 0 Å². The van der Waals surface area contributed by atoms with E-state index in [0.29, 0.717) is 19.1 Å². The van der Waals surface area contributed by atoms with Gasteiger partial charge in [0.05, 0.1) is 6.54 Å². The Balaban J connectivity index is 2.30. The minimum Gasteiger partial charge on any atom is -0.479 e. The molecule has 1 atom stereocenters. The second-order valence-corrected chi connectivity index (χ2v) is 4.72. The van der Waals surface area contributed by atoms with Crippen LogP contribution in [-0.2, 0) is 4.79 Å². The van der Waals surface area contributed by atoms with Crippen LogP contribution in [0.4, 0.5) is 4.79 Å². The van der Waals surface area contributed by atoms with Gasteiger partial charge in [0.15, 0.2) is 6.10 Å². The molecule has 1 rings (SSSR count). The minimum atomic E-state index is -1.55. The van der Waals surface area contributed by atoms with Gasteiger partial charge in [-0.2, -0.15) is 0 Å². The van der Waals surface area contributed by atoms with Gasteiger partial charge in [-0.3, -0.25) is 0 Å². The molecule has 3 N–H and O–H groups in total. The van der Waals surface area contributed by atoms with Crippen molar-refractivity contribution >= 4 is 12.0 Å². The van der Waals surface area contributed by atoms with Gasteiger partial charge in [0, 0.05) is 19.1 Å². The molecule has 18 heavy (non-hydrogen) atoms. The minimum absolute atomic E-state index is 0.262. The molecule has 1 fully saturated rings. The quantitative estimate of drug-likeness (QED) is 0.612. The number of carbonyl (C=O) groups excluding carboxylic acids is 1. The molecule has 0 saturated carbocycles. The number of rotatable bonds is 4. The van der Waals surface area contributed by atoms with Crippen LogP contribution in [0.5, 0.6) is 0 Å². The third-order valence-electron chi connectivity index (χ3n) is 3.21. The summed E-state index contributed by atoms with van der Waals surface area (Å²) in [5, 5.41) is 19.9. The zero-order chi connectivity index (χ0) is 13.7. The predicted molar refractivity (Wildman–Crippen MR) is 65.3 cm³/mol. The first-order chi connectivity index (χ1) is 8.41. The van der Waals surface area contributed by atoms with E-state index in [-0.39, 0.29) is 12.6 Å². The van der Waals surface area contributed by atoms with Crippen LogP contribution < -0.4 is 5.32 Å². The number of carboxylic acid groups (broad SMARTS) is 1. The Labute approximate surface area is 106 Å². The summed E-state index contributed by atoms with van der Waals surface area (Å²) in [6.07, 6.45) is 0.261. The molecule has 1 heterocycles. The van der Waals surface area contributed by atoms with Crippen molar-refractivity contribution in [2.45, 2.75) is 25.0 Å². The molecule has 1 aliphatic rings. The molecule has 1 aliphatic heterocycles. The smallest absolute Gasteiger partial charge is 0.334 e. The molecule has 7 nitrogen and oxygen atoms in total. The van der Waals surface area contributed by atoms with E-state index in [2.05, 4.69) is 10.2 Å². The first kappa shape index (κ1) is 14.7. The second-order valence-electron chi connectivity index (χ2n) is 4.72. The summed E-state index contributed by atoms with van der Waals surface area (Å²) in [4.78, 5) is 25.9. The first-order valence-electron chi connectivity index (χ1n) is 6.02. The monoisotopic (exact) mass is 259 g/mol. The lowest BCUT2D eigenvalue weighted by atomic mass is 10.0. The van der Waals surface area contributed by atoms with Gasteiger partial charge in [0.25, 0.3) is 0 Å². The third kappa shape index (κ3) is 4.15. The largest absolute Gasteiger partial charge is 0.479 e. The molecular weight excluding hydrogens is 238 g/mol. The Bertz CT molecular complexity index is 301. The number of hydrogen-bond donors (Lipinski definition) is 3. The van der Waals surface area contributed by atoms with Crippen LogP contribution >= 0.6 is 0 Å². The number of aliphatic carboxylic acids is 1. The molecule has 0 aromatic rings. The van der Waals surface area contributed by atoms with Crippen molar-refractivity contribution < 1.29 is 19.8 Å². The topological polar surface area (TPSA) is 93.1 Å². The second kappa shape index (κ2) is 6.55. The predicted octanol–water partition coefficient (Wildman–Crippen LogP) is -0.832. The fourth-order valence-corrected chi connectivity index (χ4v) is 1.97. The maximum Gasteiger partial charge on any atom is 0.334 e. The van der Waals surface area contributed by atoms with Gasteiger partial charge >= 0.3 is 12.0 Å². The highest BCUT2D eigenvalue weighted by Crippen LogP contribution is 2.13. The molecule has 0 aromatic carbocycles. The van der Waals surface area contributed by atoms with Gasteiger partial charge in [-0.1, -0.05) is 0 Å². The summed E-state index contributed by atoms with van der Waals surface area (Å²) in [6, 6.07) is 0.172. The van der Waals surface area contributed by atoms with Gasteiger partial charge < -0.3 is 25.3 Å². The number of aliphatic hydroxyl groups excluding tert-OH is 1. The maximum absolute atomic E-state index is 11.7. The number of amides is 2. The highest BCUT2D eigenvalue weighted by Gasteiger charge is 2.24. The molecule has 0 aromatic heterocycles. The summed E-state index contributed by atoms with van der Waals surface area (Å²) in [5.74, 6) is -1.33. The molecular formula is C11H21N3O4. The first-order valence-corrected chi connectivity index (χ1v) is 6.02. The normalized spacial score (nSPS) is 18.8. The number of carboxylic acids is 1. The van der Waals surface area contributed by atoms with Crippen molar-refractivity contribution in [3.05, 3.63) is 0 Å². The van der Waals surface area contributed by atoms with Crippen LogP contribution in [0.2, 0.25) is 0 Å². The van der Waals surface area contributed by atoms with Crippen molar-refractivity contribution in [1.82, 2.24) is 15.1 Å². The summed E-state index contributed by atoms with van der Waals surface area (Å²) in [6.45, 7) is 1.04. The van der Waals surface area contributed by atoms with Crippen molar-refractivity contribution in [2.75, 3.05) is 33.7 Å². The molecule has 0 aliphatic carbocycles. The summed E-state index contributed by atoms with van der Waals surface area (Å²) < 4.78 is 0. The number of urea groups is 1. The molecule has 7 heteroatoms. The van der Waals surface area contributed by atoms with E-state index >= 15 is 0 Å². The van der Waals surface area contributed by atoms with Gasteiger partial charge in [-0.25, -0.2) is 9.59 Å². The molecule has 0 bridgehead atoms. The zero-order valence-corrected chi connectivity index (χ0v) is 10.8. The molecule has 2 amide bonds. The molecule has 1 saturated heterocycles. The SMILES string of the molecule is CN(C)C1CCN(C(=O)NCC(O)C(=O)O)CC1. The number of hydrogen-bond acceptors (Lipinski definition) is 4. The molecule has 0 radical (unpaired) electrons. The van der Waals surface area contributed by atoms with Gasteiger partial charge in [-0.05, 0) is 26.9 Å². The van der Waals surface area contributed by atoms with Crippen LogP contribution in [0.1, 0.15) is 12.8 Å². The lowest BCUT2D eigenvalue weighted by Gasteiger charge is -2.35. The summed E-state index contributed by atoms with van der Waals surface area (Å²) in [7, 11) is 4.03. The number of piperidine rings is 1. The van der Waals surface area contributed by atoms with E-state index < -0.39 is 12.1 Å². The number of nitrogens with zero attached hydrogens (tertiary/aromatic N) is 2. The van der Waals surface area contributed by atoms with Gasteiger partial charge in [0.1, 0.15) is 0 Å². The fourth-order valence-electron chi connectivity index (χ4n) is 1.97. The average Bonchev–Trinajstić information content (AvgIpc) is 2.35. The van der Waals surface area contributed by atoms with Gasteiger partial charge in [0.2, 0.25) is 0 Å². The highest BCUT2D eigenvalue weighted by atomic mass is 16.4. The third-order valence-corrected chi connectivity index (χ3v) is 3.21. The van der Waals surface area contributed by atoms with E-state index in [1.54, 1.807) is 4.90 Å². The number of nitrogens with one attached hydrogen (secondary N) is 1. The molecule has 1 unspecified atom stereocenters. The van der Waals surface area contributed by atoms with Crippen LogP contribution in [0.25, 0.3) is 0 Å². The molecule has 0 spiro atoms. The zero-order valence-electron chi connectivity index (χ0n) is 10.8. The number of carbonyl (C=O) groups is 2. The van der Waals surface area contributed by atoms with E-state index in [9.17, 15) is 9.59 Å². The highest BCUT2D eigenvalue weighted by molar-refractivity contribution is 5.76. The Kier molecular flexibility index (Phi) is 5.36.